The van der Waals surface area contributed by atoms with Crippen LogP contribution in [0.5, 0.6) is 0 Å². The number of carbonyl (C=O) groups is 1. The minimum Gasteiger partial charge on any atom is -0.398 e. The molecule has 1 heterocycles. The summed E-state index contributed by atoms with van der Waals surface area (Å²) in [7, 11) is 0. The molecule has 3 rings (SSSR count). The highest BCUT2D eigenvalue weighted by atomic mass is 79.9. The molecule has 0 amide bonds. The summed E-state index contributed by atoms with van der Waals surface area (Å²) in [6, 6.07) is 12.4. The number of oxime groups is 1. The van der Waals surface area contributed by atoms with Crippen molar-refractivity contribution in [3.05, 3.63) is 80.6 Å². The van der Waals surface area contributed by atoms with Gasteiger partial charge in [0.1, 0.15) is 0 Å². The minimum absolute atomic E-state index is 0.0925. The quantitative estimate of drug-likeness (QED) is 0.200. The Morgan fingerprint density at radius 3 is 2.48 bits per heavy atom. The molecule has 0 saturated heterocycles. The summed E-state index contributed by atoms with van der Waals surface area (Å²) in [5.41, 5.74) is 17.2. The Labute approximate surface area is 177 Å². The highest BCUT2D eigenvalue weighted by molar-refractivity contribution is 9.10. The lowest BCUT2D eigenvalue weighted by Crippen LogP contribution is -2.17. The van der Waals surface area contributed by atoms with Crippen molar-refractivity contribution in [2.75, 3.05) is 5.73 Å². The van der Waals surface area contributed by atoms with Crippen molar-refractivity contribution < 1.29 is 9.63 Å². The molecular formula is C21H22BrN5O2. The van der Waals surface area contributed by atoms with E-state index >= 15 is 0 Å². The number of nitrogens with zero attached hydrogens (tertiary/aromatic N) is 3. The predicted octanol–water partition coefficient (Wildman–Crippen LogP) is 3.68. The first-order valence-electron chi connectivity index (χ1n) is 8.96. The summed E-state index contributed by atoms with van der Waals surface area (Å²) in [6.07, 6.45) is 0. The average Bonchev–Trinajstić information content (AvgIpc) is 2.95. The summed E-state index contributed by atoms with van der Waals surface area (Å²) in [5, 5.41) is 8.25. The number of aromatic nitrogens is 2. The van der Waals surface area contributed by atoms with Gasteiger partial charge in [0.05, 0.1) is 28.0 Å². The van der Waals surface area contributed by atoms with Crippen LogP contribution in [0, 0.1) is 20.8 Å². The summed E-state index contributed by atoms with van der Waals surface area (Å²) in [6.45, 7) is 6.38. The zero-order valence-electron chi connectivity index (χ0n) is 16.4. The van der Waals surface area contributed by atoms with Crippen LogP contribution in [0.3, 0.4) is 0 Å². The van der Waals surface area contributed by atoms with E-state index in [9.17, 15) is 4.79 Å². The maximum Gasteiger partial charge on any atom is 0.365 e. The number of benzene rings is 2. The van der Waals surface area contributed by atoms with Crippen LogP contribution in [0.4, 0.5) is 5.69 Å². The minimum atomic E-state index is -0.588. The zero-order chi connectivity index (χ0) is 21.1. The molecule has 0 aliphatic carbocycles. The first kappa shape index (κ1) is 20.6. The normalized spacial score (nSPS) is 11.5. The molecule has 7 nitrogen and oxygen atoms in total. The number of halogens is 1. The molecule has 0 saturated carbocycles. The van der Waals surface area contributed by atoms with E-state index in [1.165, 1.54) is 0 Å². The van der Waals surface area contributed by atoms with Crippen LogP contribution in [0.15, 0.2) is 52.1 Å². The van der Waals surface area contributed by atoms with E-state index in [4.69, 9.17) is 16.3 Å². The Balaban J connectivity index is 1.68. The fourth-order valence-electron chi connectivity index (χ4n) is 2.87. The molecule has 0 unspecified atom stereocenters. The molecule has 0 radical (unpaired) electrons. The molecule has 2 aromatic carbocycles. The molecule has 1 aromatic heterocycles. The molecule has 8 heteroatoms. The fourth-order valence-corrected chi connectivity index (χ4v) is 3.16. The maximum absolute atomic E-state index is 12.3. The van der Waals surface area contributed by atoms with Gasteiger partial charge in [0, 0.05) is 11.3 Å². The molecule has 0 bridgehead atoms. The number of amidine groups is 1. The van der Waals surface area contributed by atoms with Gasteiger partial charge in [-0.05, 0) is 66.0 Å². The van der Waals surface area contributed by atoms with Gasteiger partial charge in [0.15, 0.2) is 5.84 Å². The molecule has 150 valence electrons. The van der Waals surface area contributed by atoms with E-state index in [1.54, 1.807) is 30.3 Å². The lowest BCUT2D eigenvalue weighted by atomic mass is 10.1. The van der Waals surface area contributed by atoms with Gasteiger partial charge >= 0.3 is 5.97 Å². The molecule has 29 heavy (non-hydrogen) atoms. The van der Waals surface area contributed by atoms with Gasteiger partial charge in [0.2, 0.25) is 0 Å². The van der Waals surface area contributed by atoms with E-state index in [0.717, 1.165) is 27.0 Å². The van der Waals surface area contributed by atoms with E-state index < -0.39 is 5.97 Å². The van der Waals surface area contributed by atoms with E-state index in [-0.39, 0.29) is 5.84 Å². The van der Waals surface area contributed by atoms with Crippen LogP contribution in [0.1, 0.15) is 38.4 Å². The Morgan fingerprint density at radius 2 is 1.86 bits per heavy atom. The van der Waals surface area contributed by atoms with Crippen LogP contribution in [0.25, 0.3) is 0 Å². The number of carbonyl (C=O) groups excluding carboxylic acids is 1. The van der Waals surface area contributed by atoms with Crippen molar-refractivity contribution in [2.45, 2.75) is 27.3 Å². The van der Waals surface area contributed by atoms with Gasteiger partial charge in [-0.3, -0.25) is 4.68 Å². The Kier molecular flexibility index (Phi) is 6.03. The first-order chi connectivity index (χ1) is 13.8. The molecular weight excluding hydrogens is 434 g/mol. The van der Waals surface area contributed by atoms with Gasteiger partial charge in [-0.25, -0.2) is 4.79 Å². The third-order valence-electron chi connectivity index (χ3n) is 4.69. The number of hydrogen-bond acceptors (Lipinski definition) is 5. The van der Waals surface area contributed by atoms with E-state index in [1.807, 2.05) is 37.6 Å². The molecule has 0 fully saturated rings. The monoisotopic (exact) mass is 455 g/mol. The van der Waals surface area contributed by atoms with Crippen molar-refractivity contribution >= 4 is 33.4 Å². The molecule has 3 aromatic rings. The lowest BCUT2D eigenvalue weighted by Gasteiger charge is -2.07. The SMILES string of the molecule is Cc1nn(Cc2ccc(C(=O)O/N=C(\N)c3cccc(N)c3C)cc2)c(C)c1Br. The average molecular weight is 456 g/mol. The molecule has 0 atom stereocenters. The molecule has 0 aliphatic rings. The Morgan fingerprint density at radius 1 is 1.17 bits per heavy atom. The van der Waals surface area contributed by atoms with Gasteiger partial charge in [0.25, 0.3) is 0 Å². The smallest absolute Gasteiger partial charge is 0.365 e. The highest BCUT2D eigenvalue weighted by Crippen LogP contribution is 2.21. The summed E-state index contributed by atoms with van der Waals surface area (Å²) in [4.78, 5) is 17.3. The van der Waals surface area contributed by atoms with Crippen LogP contribution < -0.4 is 11.5 Å². The second-order valence-electron chi connectivity index (χ2n) is 6.71. The number of hydrogen-bond donors (Lipinski definition) is 2. The van der Waals surface area contributed by atoms with E-state index in [2.05, 4.69) is 26.2 Å². The Hall–Kier alpha value is -3.13. The summed E-state index contributed by atoms with van der Waals surface area (Å²) in [5.74, 6) is -0.496. The molecule has 0 aliphatic heterocycles. The third kappa shape index (κ3) is 4.48. The van der Waals surface area contributed by atoms with Crippen molar-refractivity contribution in [3.8, 4) is 0 Å². The summed E-state index contributed by atoms with van der Waals surface area (Å²) >= 11 is 3.52. The first-order valence-corrected chi connectivity index (χ1v) is 9.76. The topological polar surface area (TPSA) is 109 Å². The highest BCUT2D eigenvalue weighted by Gasteiger charge is 2.12. The second-order valence-corrected chi connectivity index (χ2v) is 7.51. The number of nitrogens with two attached hydrogens (primary N) is 2. The number of anilines is 1. The predicted molar refractivity (Wildman–Crippen MR) is 117 cm³/mol. The van der Waals surface area contributed by atoms with Crippen LogP contribution in [-0.2, 0) is 11.4 Å². The third-order valence-corrected chi connectivity index (χ3v) is 5.84. The summed E-state index contributed by atoms with van der Waals surface area (Å²) < 4.78 is 2.91. The van der Waals surface area contributed by atoms with E-state index in [0.29, 0.717) is 23.4 Å². The van der Waals surface area contributed by atoms with Crippen molar-refractivity contribution in [2.24, 2.45) is 10.9 Å². The van der Waals surface area contributed by atoms with Gasteiger partial charge in [-0.1, -0.05) is 29.4 Å². The van der Waals surface area contributed by atoms with Gasteiger partial charge < -0.3 is 16.3 Å². The van der Waals surface area contributed by atoms with Crippen LogP contribution >= 0.6 is 15.9 Å². The van der Waals surface area contributed by atoms with Gasteiger partial charge in [-0.15, -0.1) is 0 Å². The van der Waals surface area contributed by atoms with Crippen molar-refractivity contribution in [1.29, 1.82) is 0 Å². The fraction of sp³-hybridized carbons (Fsp3) is 0.190. The van der Waals surface area contributed by atoms with Crippen LogP contribution in [0.2, 0.25) is 0 Å². The Bertz CT molecular complexity index is 1090. The number of nitrogen functional groups attached to an aromatic ring is 1. The van der Waals surface area contributed by atoms with Crippen molar-refractivity contribution in [1.82, 2.24) is 9.78 Å². The van der Waals surface area contributed by atoms with Gasteiger partial charge in [-0.2, -0.15) is 5.10 Å². The standard InChI is InChI=1S/C21H22BrN5O2/c1-12-17(5-4-6-18(12)23)20(24)26-29-21(28)16-9-7-15(8-10-16)11-27-14(3)19(22)13(2)25-27/h4-10H,11,23H2,1-3H3,(H2,24,26). The van der Waals surface area contributed by atoms with Crippen LogP contribution in [-0.4, -0.2) is 21.6 Å². The number of aryl methyl sites for hydroxylation is 1. The second kappa shape index (κ2) is 8.48. The zero-order valence-corrected chi connectivity index (χ0v) is 18.0. The molecule has 4 N–H and O–H groups in total. The molecule has 0 spiro atoms. The largest absolute Gasteiger partial charge is 0.398 e. The number of rotatable bonds is 5. The maximum atomic E-state index is 12.3. The van der Waals surface area contributed by atoms with Crippen molar-refractivity contribution in [3.63, 3.8) is 0 Å². The lowest BCUT2D eigenvalue weighted by molar-refractivity contribution is 0.0516.